The Balaban J connectivity index is 2.00. The number of ether oxygens (including phenoxy) is 4. The number of nitrogens with one attached hydrogen (secondary N) is 1. The third-order valence-corrected chi connectivity index (χ3v) is 4.19. The van der Waals surface area contributed by atoms with E-state index in [4.69, 9.17) is 4.74 Å². The molecule has 2 saturated heterocycles. The summed E-state index contributed by atoms with van der Waals surface area (Å²) in [7, 11) is 0. The molecule has 2 fully saturated rings. The molecule has 14 heteroatoms. The van der Waals surface area contributed by atoms with Crippen LogP contribution in [0.15, 0.2) is 12.1 Å². The smallest absolute Gasteiger partial charge is 0.483 e. The number of rotatable bonds is 5. The van der Waals surface area contributed by atoms with Gasteiger partial charge in [0.1, 0.15) is 11.9 Å². The number of hydrogen-bond acceptors (Lipinski definition) is 5. The van der Waals surface area contributed by atoms with Crippen molar-refractivity contribution in [3.05, 3.63) is 18.2 Å². The first-order valence-corrected chi connectivity index (χ1v) is 8.40. The second kappa shape index (κ2) is 7.78. The highest BCUT2D eigenvalue weighted by Gasteiger charge is 2.41. The van der Waals surface area contributed by atoms with E-state index in [1.54, 1.807) is 0 Å². The fourth-order valence-corrected chi connectivity index (χ4v) is 3.31. The summed E-state index contributed by atoms with van der Waals surface area (Å²) in [4.78, 5) is 0. The fourth-order valence-electron chi connectivity index (χ4n) is 3.31. The van der Waals surface area contributed by atoms with Gasteiger partial charge in [-0.05, 0) is 19.3 Å². The molecule has 2 atom stereocenters. The molecular formula is C16H13F9NO4. The van der Waals surface area contributed by atoms with Crippen LogP contribution in [0.25, 0.3) is 0 Å². The Bertz CT molecular complexity index is 714. The van der Waals surface area contributed by atoms with Gasteiger partial charge >= 0.3 is 19.1 Å². The Hall–Kier alpha value is -2.25. The molecule has 1 aromatic carbocycles. The lowest BCUT2D eigenvalue weighted by Gasteiger charge is -2.30. The van der Waals surface area contributed by atoms with Crippen molar-refractivity contribution in [1.29, 1.82) is 0 Å². The maximum atomic E-state index is 12.8. The third-order valence-electron chi connectivity index (χ3n) is 4.19. The second-order valence-electron chi connectivity index (χ2n) is 6.56. The molecular weight excluding hydrogens is 441 g/mol. The molecule has 2 aliphatic heterocycles. The Morgan fingerprint density at radius 3 is 1.80 bits per heavy atom. The Morgan fingerprint density at radius 2 is 1.33 bits per heavy atom. The van der Waals surface area contributed by atoms with Crippen molar-refractivity contribution in [2.75, 3.05) is 0 Å². The van der Waals surface area contributed by atoms with Gasteiger partial charge in [-0.2, -0.15) is 0 Å². The summed E-state index contributed by atoms with van der Waals surface area (Å²) < 4.78 is 130. The second-order valence-corrected chi connectivity index (χ2v) is 6.56. The van der Waals surface area contributed by atoms with Gasteiger partial charge in [-0.25, -0.2) is 0 Å². The standard InChI is InChI=1S/C16H13F9NO4/c17-14(18,19)28-10-5-11(29-15(20,21)22)13(12(6-10)30-16(23,24)25)27-9-3-7-1-2-8(4-9)26-7/h5-7,9,26H,1-4H2. The summed E-state index contributed by atoms with van der Waals surface area (Å²) in [6.07, 6.45) is -15.3. The molecule has 0 aliphatic carbocycles. The summed E-state index contributed by atoms with van der Waals surface area (Å²) >= 11 is 0. The molecule has 1 aromatic rings. The van der Waals surface area contributed by atoms with E-state index in [0.717, 1.165) is 6.04 Å². The van der Waals surface area contributed by atoms with E-state index >= 15 is 0 Å². The van der Waals surface area contributed by atoms with Gasteiger partial charge in [0.05, 0.1) is 0 Å². The topological polar surface area (TPSA) is 49.0 Å². The molecule has 0 amide bonds. The predicted octanol–water partition coefficient (Wildman–Crippen LogP) is 5.21. The van der Waals surface area contributed by atoms with Crippen LogP contribution in [-0.4, -0.2) is 31.2 Å². The Morgan fingerprint density at radius 1 is 0.800 bits per heavy atom. The zero-order valence-corrected chi connectivity index (χ0v) is 14.7. The molecule has 30 heavy (non-hydrogen) atoms. The van der Waals surface area contributed by atoms with Crippen molar-refractivity contribution in [1.82, 2.24) is 5.32 Å². The first kappa shape index (κ1) is 22.4. The van der Waals surface area contributed by atoms with E-state index in [2.05, 4.69) is 19.5 Å². The fraction of sp³-hybridized carbons (Fsp3) is 0.562. The minimum atomic E-state index is -5.44. The molecule has 5 nitrogen and oxygen atoms in total. The molecule has 2 bridgehead atoms. The summed E-state index contributed by atoms with van der Waals surface area (Å²) in [5.41, 5.74) is 0. The van der Waals surface area contributed by atoms with Gasteiger partial charge in [-0.1, -0.05) is 0 Å². The van der Waals surface area contributed by atoms with Crippen LogP contribution in [-0.2, 0) is 0 Å². The van der Waals surface area contributed by atoms with E-state index in [1.165, 1.54) is 0 Å². The zero-order valence-electron chi connectivity index (χ0n) is 14.7. The lowest BCUT2D eigenvalue weighted by Crippen LogP contribution is -2.38. The number of hydrogen-bond donors (Lipinski definition) is 1. The van der Waals surface area contributed by atoms with Gasteiger partial charge in [0.15, 0.2) is 11.5 Å². The van der Waals surface area contributed by atoms with Crippen LogP contribution < -0.4 is 24.3 Å². The Kier molecular flexibility index (Phi) is 5.82. The molecule has 0 saturated carbocycles. The highest BCUT2D eigenvalue weighted by molar-refractivity contribution is 5.56. The van der Waals surface area contributed by atoms with Crippen LogP contribution in [0.1, 0.15) is 25.7 Å². The summed E-state index contributed by atoms with van der Waals surface area (Å²) in [6.45, 7) is 0. The van der Waals surface area contributed by atoms with Gasteiger partial charge in [0, 0.05) is 30.6 Å². The minimum absolute atomic E-state index is 0.0782. The van der Waals surface area contributed by atoms with Crippen molar-refractivity contribution in [3.8, 4) is 23.0 Å². The average molecular weight is 454 g/mol. The van der Waals surface area contributed by atoms with Crippen LogP contribution in [0.2, 0.25) is 0 Å². The van der Waals surface area contributed by atoms with Gasteiger partial charge in [-0.15, -0.1) is 39.5 Å². The predicted molar refractivity (Wildman–Crippen MR) is 79.5 cm³/mol. The molecule has 3 rings (SSSR count). The molecule has 0 spiro atoms. The average Bonchev–Trinajstić information content (AvgIpc) is 2.84. The van der Waals surface area contributed by atoms with E-state index in [9.17, 15) is 39.5 Å². The monoisotopic (exact) mass is 454 g/mol. The zero-order chi connectivity index (χ0) is 22.3. The summed E-state index contributed by atoms with van der Waals surface area (Å²) in [5, 5.41) is 3.12. The SMILES string of the molecule is FC(F)(F)Oc1cc(OC(F)(F)F)c(OC2C[C]3CCC(C2)N3)c(OC(F)(F)F)c1. The lowest BCUT2D eigenvalue weighted by atomic mass is 10.0. The largest absolute Gasteiger partial charge is 0.573 e. The van der Waals surface area contributed by atoms with Gasteiger partial charge in [0.25, 0.3) is 0 Å². The molecule has 1 radical (unpaired) electrons. The van der Waals surface area contributed by atoms with Crippen molar-refractivity contribution in [3.63, 3.8) is 0 Å². The lowest BCUT2D eigenvalue weighted by molar-refractivity contribution is -0.279. The van der Waals surface area contributed by atoms with Crippen LogP contribution in [0.4, 0.5) is 39.5 Å². The first-order valence-electron chi connectivity index (χ1n) is 8.40. The third kappa shape index (κ3) is 6.37. The van der Waals surface area contributed by atoms with Crippen LogP contribution in [0.5, 0.6) is 23.0 Å². The molecule has 2 unspecified atom stereocenters. The molecule has 2 heterocycles. The highest BCUT2D eigenvalue weighted by atomic mass is 19.4. The number of halogens is 9. The van der Waals surface area contributed by atoms with Crippen LogP contribution >= 0.6 is 0 Å². The van der Waals surface area contributed by atoms with Crippen LogP contribution in [0, 0.1) is 6.04 Å². The molecule has 169 valence electrons. The van der Waals surface area contributed by atoms with Gasteiger partial charge < -0.3 is 24.3 Å². The molecule has 0 aromatic heterocycles. The first-order chi connectivity index (χ1) is 13.7. The summed E-state index contributed by atoms with van der Waals surface area (Å²) in [6, 6.07) is 0.987. The molecule has 2 aliphatic rings. The van der Waals surface area contributed by atoms with Crippen molar-refractivity contribution < 1.29 is 58.5 Å². The normalized spacial score (nSPS) is 22.7. The van der Waals surface area contributed by atoms with Gasteiger partial charge in [-0.3, -0.25) is 0 Å². The minimum Gasteiger partial charge on any atom is -0.483 e. The van der Waals surface area contributed by atoms with Crippen molar-refractivity contribution in [2.45, 2.75) is 56.9 Å². The van der Waals surface area contributed by atoms with Gasteiger partial charge in [0.2, 0.25) is 5.75 Å². The highest BCUT2D eigenvalue weighted by Crippen LogP contribution is 2.47. The van der Waals surface area contributed by atoms with E-state index in [1.807, 2.05) is 0 Å². The maximum absolute atomic E-state index is 12.8. The van der Waals surface area contributed by atoms with Crippen molar-refractivity contribution >= 4 is 0 Å². The number of benzene rings is 1. The number of piperidine rings is 1. The Labute approximate surface area is 163 Å². The maximum Gasteiger partial charge on any atom is 0.573 e. The van der Waals surface area contributed by atoms with Crippen LogP contribution in [0.3, 0.4) is 0 Å². The quantitative estimate of drug-likeness (QED) is 0.620. The number of fused-ring (bicyclic) bond motifs is 2. The van der Waals surface area contributed by atoms with E-state index in [-0.39, 0.29) is 31.0 Å². The van der Waals surface area contributed by atoms with E-state index < -0.39 is 48.2 Å². The number of alkyl halides is 9. The van der Waals surface area contributed by atoms with Crippen molar-refractivity contribution in [2.24, 2.45) is 0 Å². The van der Waals surface area contributed by atoms with E-state index in [0.29, 0.717) is 12.8 Å². The molecule has 1 N–H and O–H groups in total. The summed E-state index contributed by atoms with van der Waals surface area (Å²) in [5.74, 6) is -5.46.